The molecule has 3 rings (SSSR count). The number of nitrogens with two attached hydrogens (primary N) is 1. The van der Waals surface area contributed by atoms with Crippen LogP contribution in [0, 0.1) is 11.3 Å². The van der Waals surface area contributed by atoms with Crippen LogP contribution >= 0.6 is 15.9 Å². The second-order valence-electron chi connectivity index (χ2n) is 5.06. The fraction of sp³-hybridized carbons (Fsp3) is 0.250. The quantitative estimate of drug-likeness (QED) is 0.848. The molecule has 0 fully saturated rings. The number of Topliss-reactive ketones (excluding diaryl/α,β-unsaturated/α-hetero) is 1. The van der Waals surface area contributed by atoms with Gasteiger partial charge >= 0.3 is 0 Å². The lowest BCUT2D eigenvalue weighted by atomic mass is 9.77. The molecule has 0 saturated carbocycles. The van der Waals surface area contributed by atoms with E-state index in [4.69, 9.17) is 10.5 Å². The molecule has 0 aromatic heterocycles. The fourth-order valence-corrected chi connectivity index (χ4v) is 3.39. The van der Waals surface area contributed by atoms with Gasteiger partial charge < -0.3 is 10.5 Å². The van der Waals surface area contributed by atoms with Gasteiger partial charge in [-0.15, -0.1) is 0 Å². The van der Waals surface area contributed by atoms with Crippen LogP contribution < -0.4 is 5.73 Å². The molecule has 0 amide bonds. The molecule has 0 saturated heterocycles. The van der Waals surface area contributed by atoms with Gasteiger partial charge in [0.2, 0.25) is 5.88 Å². The molecule has 2 N–H and O–H groups in total. The number of ketones is 1. The molecule has 0 spiro atoms. The van der Waals surface area contributed by atoms with Crippen LogP contribution in [0.3, 0.4) is 0 Å². The van der Waals surface area contributed by atoms with Crippen molar-refractivity contribution in [2.24, 2.45) is 5.73 Å². The maximum atomic E-state index is 12.4. The molecule has 5 heteroatoms. The number of halogens is 1. The third-order valence-corrected chi connectivity index (χ3v) is 4.54. The number of nitriles is 1. The molecule has 21 heavy (non-hydrogen) atoms. The molecular weight excluding hydrogens is 332 g/mol. The maximum Gasteiger partial charge on any atom is 0.205 e. The highest BCUT2D eigenvalue weighted by Gasteiger charge is 2.38. The van der Waals surface area contributed by atoms with Crippen LogP contribution in [-0.2, 0) is 9.53 Å². The third kappa shape index (κ3) is 2.26. The van der Waals surface area contributed by atoms with E-state index in [0.717, 1.165) is 16.5 Å². The second-order valence-corrected chi connectivity index (χ2v) is 5.91. The predicted octanol–water partition coefficient (Wildman–Crippen LogP) is 3.26. The molecule has 1 heterocycles. The first-order valence-electron chi connectivity index (χ1n) is 6.71. The zero-order valence-corrected chi connectivity index (χ0v) is 12.8. The first-order chi connectivity index (χ1) is 10.1. The van der Waals surface area contributed by atoms with Crippen molar-refractivity contribution in [3.8, 4) is 6.07 Å². The van der Waals surface area contributed by atoms with Gasteiger partial charge in [0.1, 0.15) is 17.4 Å². The highest BCUT2D eigenvalue weighted by Crippen LogP contribution is 2.44. The highest BCUT2D eigenvalue weighted by atomic mass is 79.9. The Morgan fingerprint density at radius 2 is 2.10 bits per heavy atom. The van der Waals surface area contributed by atoms with Crippen LogP contribution in [0.5, 0.6) is 0 Å². The summed E-state index contributed by atoms with van der Waals surface area (Å²) in [6.07, 6.45) is 1.93. The normalized spacial score (nSPS) is 21.7. The smallest absolute Gasteiger partial charge is 0.205 e. The molecule has 2 aliphatic rings. The van der Waals surface area contributed by atoms with Gasteiger partial charge in [0, 0.05) is 22.9 Å². The van der Waals surface area contributed by atoms with Gasteiger partial charge in [-0.2, -0.15) is 5.26 Å². The van der Waals surface area contributed by atoms with Crippen LogP contribution in [0.2, 0.25) is 0 Å². The van der Waals surface area contributed by atoms with Gasteiger partial charge in [0.05, 0.1) is 5.92 Å². The highest BCUT2D eigenvalue weighted by molar-refractivity contribution is 9.10. The van der Waals surface area contributed by atoms with E-state index in [1.807, 2.05) is 24.3 Å². The third-order valence-electron chi connectivity index (χ3n) is 3.82. The molecule has 1 atom stereocenters. The summed E-state index contributed by atoms with van der Waals surface area (Å²) in [7, 11) is 0. The van der Waals surface area contributed by atoms with Crippen molar-refractivity contribution in [3.63, 3.8) is 0 Å². The Morgan fingerprint density at radius 1 is 1.33 bits per heavy atom. The average Bonchev–Trinajstić information content (AvgIpc) is 2.47. The van der Waals surface area contributed by atoms with Gasteiger partial charge in [0.15, 0.2) is 5.78 Å². The Bertz CT molecular complexity index is 728. The van der Waals surface area contributed by atoms with E-state index < -0.39 is 5.92 Å². The summed E-state index contributed by atoms with van der Waals surface area (Å²) < 4.78 is 6.38. The summed E-state index contributed by atoms with van der Waals surface area (Å²) in [5.41, 5.74) is 7.64. The molecular formula is C16H13BrN2O2. The van der Waals surface area contributed by atoms with Crippen molar-refractivity contribution in [2.75, 3.05) is 0 Å². The summed E-state index contributed by atoms with van der Waals surface area (Å²) >= 11 is 3.50. The van der Waals surface area contributed by atoms with Gasteiger partial charge in [0.25, 0.3) is 0 Å². The summed E-state index contributed by atoms with van der Waals surface area (Å²) in [5, 5.41) is 9.44. The SMILES string of the molecule is N#CC1=C(N)OC2=C(C(=O)CCC2)C1c1ccccc1Br. The Hall–Kier alpha value is -2.06. The zero-order valence-electron chi connectivity index (χ0n) is 11.2. The number of rotatable bonds is 1. The zero-order chi connectivity index (χ0) is 15.0. The number of hydrogen-bond donors (Lipinski definition) is 1. The average molecular weight is 345 g/mol. The molecule has 1 aliphatic carbocycles. The van der Waals surface area contributed by atoms with Gasteiger partial charge in [-0.25, -0.2) is 0 Å². The number of ether oxygens (including phenoxy) is 1. The molecule has 1 aliphatic heterocycles. The molecule has 0 bridgehead atoms. The second kappa shape index (κ2) is 5.38. The Morgan fingerprint density at radius 3 is 2.81 bits per heavy atom. The molecule has 0 radical (unpaired) electrons. The van der Waals surface area contributed by atoms with Crippen molar-refractivity contribution in [2.45, 2.75) is 25.2 Å². The lowest BCUT2D eigenvalue weighted by Gasteiger charge is -2.31. The minimum Gasteiger partial charge on any atom is -0.444 e. The number of carbonyl (C=O) groups is 1. The predicted molar refractivity (Wildman–Crippen MR) is 80.7 cm³/mol. The van der Waals surface area contributed by atoms with Gasteiger partial charge in [-0.1, -0.05) is 34.1 Å². The van der Waals surface area contributed by atoms with E-state index in [9.17, 15) is 10.1 Å². The minimum absolute atomic E-state index is 0.0391. The number of allylic oxidation sites excluding steroid dienone is 3. The summed E-state index contributed by atoms with van der Waals surface area (Å²) in [6.45, 7) is 0. The standard InChI is InChI=1S/C16H13BrN2O2/c17-11-5-2-1-4-9(11)14-10(8-18)16(19)21-13-7-3-6-12(20)15(13)14/h1-2,4-5,14H,3,6-7,19H2. The lowest BCUT2D eigenvalue weighted by Crippen LogP contribution is -2.27. The van der Waals surface area contributed by atoms with Crippen molar-refractivity contribution in [1.29, 1.82) is 5.26 Å². The Labute approximate surface area is 131 Å². The molecule has 1 unspecified atom stereocenters. The number of benzene rings is 1. The van der Waals surface area contributed by atoms with Crippen molar-refractivity contribution < 1.29 is 9.53 Å². The summed E-state index contributed by atoms with van der Waals surface area (Å²) in [5.74, 6) is 0.314. The molecule has 1 aromatic carbocycles. The van der Waals surface area contributed by atoms with Crippen molar-refractivity contribution in [1.82, 2.24) is 0 Å². The number of hydrogen-bond acceptors (Lipinski definition) is 4. The minimum atomic E-state index is -0.442. The van der Waals surface area contributed by atoms with E-state index in [1.54, 1.807) is 0 Å². The van der Waals surface area contributed by atoms with Crippen LogP contribution in [0.4, 0.5) is 0 Å². The Kier molecular flexibility index (Phi) is 3.56. The van der Waals surface area contributed by atoms with E-state index >= 15 is 0 Å². The molecule has 4 nitrogen and oxygen atoms in total. The summed E-state index contributed by atoms with van der Waals surface area (Å²) in [6, 6.07) is 9.67. The first-order valence-corrected chi connectivity index (χ1v) is 7.51. The maximum absolute atomic E-state index is 12.4. The van der Waals surface area contributed by atoms with Crippen LogP contribution in [0.25, 0.3) is 0 Å². The van der Waals surface area contributed by atoms with E-state index in [-0.39, 0.29) is 11.7 Å². The van der Waals surface area contributed by atoms with Crippen molar-refractivity contribution in [3.05, 3.63) is 57.1 Å². The molecule has 106 valence electrons. The fourth-order valence-electron chi connectivity index (χ4n) is 2.88. The number of carbonyl (C=O) groups excluding carboxylic acids is 1. The van der Waals surface area contributed by atoms with Gasteiger partial charge in [-0.3, -0.25) is 4.79 Å². The summed E-state index contributed by atoms with van der Waals surface area (Å²) in [4.78, 5) is 12.4. The number of nitrogens with zero attached hydrogens (tertiary/aromatic N) is 1. The monoisotopic (exact) mass is 344 g/mol. The van der Waals surface area contributed by atoms with E-state index in [0.29, 0.717) is 29.7 Å². The van der Waals surface area contributed by atoms with Gasteiger partial charge in [-0.05, 0) is 18.1 Å². The van der Waals surface area contributed by atoms with E-state index in [1.165, 1.54) is 0 Å². The largest absolute Gasteiger partial charge is 0.444 e. The van der Waals surface area contributed by atoms with Crippen LogP contribution in [0.15, 0.2) is 51.5 Å². The molecule has 1 aromatic rings. The van der Waals surface area contributed by atoms with Crippen LogP contribution in [-0.4, -0.2) is 5.78 Å². The lowest BCUT2D eigenvalue weighted by molar-refractivity contribution is -0.116. The first kappa shape index (κ1) is 13.9. The van der Waals surface area contributed by atoms with Crippen molar-refractivity contribution >= 4 is 21.7 Å². The Balaban J connectivity index is 2.23. The van der Waals surface area contributed by atoms with E-state index in [2.05, 4.69) is 22.0 Å². The topological polar surface area (TPSA) is 76.1 Å². The van der Waals surface area contributed by atoms with Crippen LogP contribution in [0.1, 0.15) is 30.7 Å².